The molecule has 0 unspecified atom stereocenters. The fourth-order valence-electron chi connectivity index (χ4n) is 2.50. The molecule has 0 fully saturated rings. The van der Waals surface area contributed by atoms with Gasteiger partial charge in [-0.1, -0.05) is 31.9 Å². The number of anilines is 1. The van der Waals surface area contributed by atoms with Gasteiger partial charge in [0.05, 0.1) is 4.90 Å². The van der Waals surface area contributed by atoms with Crippen molar-refractivity contribution >= 4 is 27.7 Å². The van der Waals surface area contributed by atoms with Gasteiger partial charge in [-0.25, -0.2) is 13.5 Å². The third-order valence-corrected chi connectivity index (χ3v) is 5.14. The molecule has 1 atom stereocenters. The van der Waals surface area contributed by atoms with E-state index in [1.807, 2.05) is 6.92 Å². The minimum atomic E-state index is -3.64. The second-order valence-corrected chi connectivity index (χ2v) is 7.21. The fourth-order valence-corrected chi connectivity index (χ4v) is 3.74. The van der Waals surface area contributed by atoms with Gasteiger partial charge in [-0.3, -0.25) is 19.8 Å². The Kier molecular flexibility index (Phi) is 4.79. The van der Waals surface area contributed by atoms with Crippen LogP contribution in [-0.4, -0.2) is 41.4 Å². The number of nitrogens with zero attached hydrogens (tertiary/aromatic N) is 3. The van der Waals surface area contributed by atoms with Crippen LogP contribution in [0.3, 0.4) is 0 Å². The summed E-state index contributed by atoms with van der Waals surface area (Å²) in [5.41, 5.74) is 0.469. The lowest BCUT2D eigenvalue weighted by Crippen LogP contribution is -2.31. The molecule has 3 N–H and O–H groups in total. The van der Waals surface area contributed by atoms with E-state index < -0.39 is 16.1 Å². The van der Waals surface area contributed by atoms with Crippen molar-refractivity contribution in [1.82, 2.24) is 19.9 Å². The Morgan fingerprint density at radius 2 is 2.16 bits per heavy atom. The lowest BCUT2D eigenvalue weighted by Gasteiger charge is -2.12. The second kappa shape index (κ2) is 7.01. The molecular weight excluding hydrogens is 344 g/mol. The molecule has 0 saturated carbocycles. The zero-order valence-electron chi connectivity index (χ0n) is 13.6. The number of nitrogens with one attached hydrogen (secondary N) is 3. The Bertz CT molecular complexity index is 892. The molecule has 0 bridgehead atoms. The van der Waals surface area contributed by atoms with Crippen molar-refractivity contribution in [3.05, 3.63) is 36.2 Å². The number of aromatic amines is 1. The van der Waals surface area contributed by atoms with E-state index in [9.17, 15) is 13.2 Å². The number of amidine groups is 1. The number of benzene rings is 1. The number of hydrogen-bond donors (Lipinski definition) is 3. The first-order chi connectivity index (χ1) is 12.0. The van der Waals surface area contributed by atoms with Crippen LogP contribution in [0.1, 0.15) is 31.7 Å². The normalized spacial score (nSPS) is 17.7. The monoisotopic (exact) mass is 362 g/mol. The number of H-pyrrole nitrogens is 1. The summed E-state index contributed by atoms with van der Waals surface area (Å²) in [6.07, 6.45) is 3.44. The van der Waals surface area contributed by atoms with Crippen LogP contribution in [0.5, 0.6) is 0 Å². The Labute approximate surface area is 145 Å². The molecule has 1 amide bonds. The van der Waals surface area contributed by atoms with E-state index in [4.69, 9.17) is 0 Å². The van der Waals surface area contributed by atoms with Crippen molar-refractivity contribution in [2.24, 2.45) is 4.99 Å². The number of hydrogen-bond acceptors (Lipinski definition) is 6. The predicted octanol–water partition coefficient (Wildman–Crippen LogP) is 1.04. The maximum atomic E-state index is 12.5. The lowest BCUT2D eigenvalue weighted by molar-refractivity contribution is -0.117. The van der Waals surface area contributed by atoms with Gasteiger partial charge in [-0.2, -0.15) is 10.1 Å². The van der Waals surface area contributed by atoms with Gasteiger partial charge in [0, 0.05) is 5.56 Å². The van der Waals surface area contributed by atoms with Gasteiger partial charge in [0.2, 0.25) is 5.95 Å². The first kappa shape index (κ1) is 17.1. The average Bonchev–Trinajstić information content (AvgIpc) is 3.18. The Balaban J connectivity index is 1.89. The fraction of sp³-hybridized carbons (Fsp3) is 0.333. The lowest BCUT2D eigenvalue weighted by atomic mass is 10.1. The summed E-state index contributed by atoms with van der Waals surface area (Å²) in [6, 6.07) is 5.81. The van der Waals surface area contributed by atoms with Gasteiger partial charge in [-0.05, 0) is 18.6 Å². The molecule has 25 heavy (non-hydrogen) atoms. The Morgan fingerprint density at radius 1 is 1.36 bits per heavy atom. The van der Waals surface area contributed by atoms with Gasteiger partial charge >= 0.3 is 0 Å². The SMILES string of the molecule is CCCC[C@H](N=C1NS(=O)(=O)c2ccccc21)C(=O)Nc1ncn[nH]1. The van der Waals surface area contributed by atoms with Gasteiger partial charge in [0.25, 0.3) is 15.9 Å². The summed E-state index contributed by atoms with van der Waals surface area (Å²) in [5.74, 6) is 0.0322. The van der Waals surface area contributed by atoms with E-state index in [2.05, 4.69) is 30.2 Å². The summed E-state index contributed by atoms with van der Waals surface area (Å²) < 4.78 is 26.8. The number of carbonyl (C=O) groups excluding carboxylic acids is 1. The van der Waals surface area contributed by atoms with Crippen molar-refractivity contribution in [2.75, 3.05) is 5.32 Å². The molecule has 1 aromatic carbocycles. The van der Waals surface area contributed by atoms with Crippen molar-refractivity contribution in [1.29, 1.82) is 0 Å². The van der Waals surface area contributed by atoms with Crippen molar-refractivity contribution in [2.45, 2.75) is 37.1 Å². The maximum absolute atomic E-state index is 12.5. The number of rotatable bonds is 6. The molecule has 0 aliphatic carbocycles. The van der Waals surface area contributed by atoms with Crippen LogP contribution < -0.4 is 10.0 Å². The highest BCUT2D eigenvalue weighted by Gasteiger charge is 2.31. The highest BCUT2D eigenvalue weighted by molar-refractivity contribution is 7.90. The van der Waals surface area contributed by atoms with E-state index in [0.717, 1.165) is 12.8 Å². The molecular formula is C15H18N6O3S. The molecule has 1 aliphatic heterocycles. The highest BCUT2D eigenvalue weighted by atomic mass is 32.2. The zero-order valence-corrected chi connectivity index (χ0v) is 14.4. The zero-order chi connectivity index (χ0) is 17.9. The Morgan fingerprint density at radius 3 is 2.88 bits per heavy atom. The van der Waals surface area contributed by atoms with E-state index in [0.29, 0.717) is 12.0 Å². The number of aromatic nitrogens is 3. The van der Waals surface area contributed by atoms with Crippen LogP contribution in [0.2, 0.25) is 0 Å². The van der Waals surface area contributed by atoms with Gasteiger partial charge in [-0.15, -0.1) is 0 Å². The molecule has 132 valence electrons. The largest absolute Gasteiger partial charge is 0.293 e. The first-order valence-electron chi connectivity index (χ1n) is 7.87. The molecule has 1 aromatic heterocycles. The minimum Gasteiger partial charge on any atom is -0.293 e. The summed E-state index contributed by atoms with van der Waals surface area (Å²) in [5, 5.41) is 8.82. The minimum absolute atomic E-state index is 0.165. The molecule has 2 heterocycles. The predicted molar refractivity (Wildman–Crippen MR) is 91.6 cm³/mol. The number of aliphatic imine (C=N–C) groups is 1. The number of sulfonamides is 1. The van der Waals surface area contributed by atoms with E-state index in [1.165, 1.54) is 12.4 Å². The third kappa shape index (κ3) is 3.68. The van der Waals surface area contributed by atoms with Crippen molar-refractivity contribution in [3.8, 4) is 0 Å². The van der Waals surface area contributed by atoms with Crippen molar-refractivity contribution in [3.63, 3.8) is 0 Å². The second-order valence-electron chi connectivity index (χ2n) is 5.56. The maximum Gasteiger partial charge on any atom is 0.263 e. The summed E-state index contributed by atoms with van der Waals surface area (Å²) in [4.78, 5) is 20.9. The van der Waals surface area contributed by atoms with Crippen molar-refractivity contribution < 1.29 is 13.2 Å². The van der Waals surface area contributed by atoms with Crippen LogP contribution >= 0.6 is 0 Å². The smallest absolute Gasteiger partial charge is 0.263 e. The average molecular weight is 362 g/mol. The number of carbonyl (C=O) groups is 1. The van der Waals surface area contributed by atoms with Gasteiger partial charge < -0.3 is 0 Å². The van der Waals surface area contributed by atoms with Crippen LogP contribution in [0.4, 0.5) is 5.95 Å². The number of amides is 1. The first-order valence-corrected chi connectivity index (χ1v) is 9.36. The molecule has 1 aliphatic rings. The van der Waals surface area contributed by atoms with E-state index in [-0.39, 0.29) is 22.6 Å². The Hall–Kier alpha value is -2.75. The number of fused-ring (bicyclic) bond motifs is 1. The highest BCUT2D eigenvalue weighted by Crippen LogP contribution is 2.23. The van der Waals surface area contributed by atoms with Crippen LogP contribution in [-0.2, 0) is 14.8 Å². The van der Waals surface area contributed by atoms with Gasteiger partial charge in [0.1, 0.15) is 18.2 Å². The molecule has 9 nitrogen and oxygen atoms in total. The standard InChI is InChI=1S/C15H18N6O3S/c1-2-3-7-11(14(22)19-15-16-9-17-20-15)18-13-10-6-4-5-8-12(10)25(23,24)21-13/h4-6,8-9,11H,2-3,7H2,1H3,(H,18,21)(H2,16,17,19,20,22)/t11-/m0/s1. The summed E-state index contributed by atoms with van der Waals surface area (Å²) >= 11 is 0. The van der Waals surface area contributed by atoms with E-state index in [1.54, 1.807) is 18.2 Å². The molecule has 3 rings (SSSR count). The molecule has 0 radical (unpaired) electrons. The number of unbranched alkanes of at least 4 members (excludes halogenated alkanes) is 1. The third-order valence-electron chi connectivity index (χ3n) is 3.74. The topological polar surface area (TPSA) is 129 Å². The molecule has 0 saturated heterocycles. The van der Waals surface area contributed by atoms with Crippen LogP contribution in [0.15, 0.2) is 40.5 Å². The summed E-state index contributed by atoms with van der Waals surface area (Å²) in [7, 11) is -3.64. The molecule has 2 aromatic rings. The quantitative estimate of drug-likeness (QED) is 0.707. The summed E-state index contributed by atoms with van der Waals surface area (Å²) in [6.45, 7) is 2.01. The van der Waals surface area contributed by atoms with Crippen LogP contribution in [0.25, 0.3) is 0 Å². The van der Waals surface area contributed by atoms with E-state index >= 15 is 0 Å². The van der Waals surface area contributed by atoms with Crippen LogP contribution in [0, 0.1) is 0 Å². The molecule has 10 heteroatoms. The molecule has 0 spiro atoms. The van der Waals surface area contributed by atoms with Gasteiger partial charge in [0.15, 0.2) is 0 Å².